The number of aryl methyl sites for hydroxylation is 1. The monoisotopic (exact) mass is 263 g/mol. The Bertz CT molecular complexity index is 664. The highest BCUT2D eigenvalue weighted by molar-refractivity contribution is 7.80. The Balaban J connectivity index is 2.62. The lowest BCUT2D eigenvalue weighted by Crippen LogP contribution is -2.29. The minimum atomic E-state index is -0.353. The van der Waals surface area contributed by atoms with Crippen molar-refractivity contribution in [2.75, 3.05) is 0 Å². The number of hydrogen-bond acceptors (Lipinski definition) is 3. The van der Waals surface area contributed by atoms with Gasteiger partial charge in [0.2, 0.25) is 0 Å². The summed E-state index contributed by atoms with van der Waals surface area (Å²) in [4.78, 5) is 11.7. The number of rotatable bonds is 2. The van der Waals surface area contributed by atoms with Gasteiger partial charge in [-0.15, -0.1) is 0 Å². The summed E-state index contributed by atoms with van der Waals surface area (Å²) in [6.45, 7) is 0. The van der Waals surface area contributed by atoms with Crippen molar-refractivity contribution in [3.8, 4) is 11.3 Å². The van der Waals surface area contributed by atoms with Gasteiger partial charge in [0.15, 0.2) is 0 Å². The molecule has 0 aliphatic rings. The Hall–Kier alpha value is -2.08. The van der Waals surface area contributed by atoms with E-state index in [2.05, 4.69) is 5.10 Å². The van der Waals surface area contributed by atoms with Crippen molar-refractivity contribution in [1.29, 1.82) is 0 Å². The van der Waals surface area contributed by atoms with Crippen molar-refractivity contribution in [3.63, 3.8) is 0 Å². The van der Waals surface area contributed by atoms with Crippen molar-refractivity contribution in [1.82, 2.24) is 9.78 Å². The zero-order valence-corrected chi connectivity index (χ0v) is 10.4. The predicted octanol–water partition coefficient (Wildman–Crippen LogP) is 1.22. The van der Waals surface area contributed by atoms with Crippen LogP contribution in [-0.2, 0) is 7.05 Å². The largest absolute Gasteiger partial charge is 0.389 e. The lowest BCUT2D eigenvalue weighted by atomic mass is 10.1. The molecule has 0 saturated carbocycles. The van der Waals surface area contributed by atoms with E-state index in [9.17, 15) is 9.18 Å². The van der Waals surface area contributed by atoms with Crippen molar-refractivity contribution >= 4 is 17.2 Å². The standard InChI is InChI=1S/C12H10FN3OS/c1-16-12(17)9(11(14)18)6-10(15-16)7-2-4-8(13)5-3-7/h2-6H,1H3,(H2,14,18). The molecule has 0 atom stereocenters. The number of aromatic nitrogens is 2. The lowest BCUT2D eigenvalue weighted by molar-refractivity contribution is 0.628. The maximum Gasteiger partial charge on any atom is 0.276 e. The molecule has 0 aliphatic carbocycles. The molecule has 1 heterocycles. The maximum absolute atomic E-state index is 12.8. The van der Waals surface area contributed by atoms with Gasteiger partial charge in [-0.05, 0) is 30.3 Å². The van der Waals surface area contributed by atoms with E-state index in [1.165, 1.54) is 25.2 Å². The van der Waals surface area contributed by atoms with Crippen LogP contribution in [0, 0.1) is 5.82 Å². The number of thiocarbonyl (C=S) groups is 1. The zero-order valence-electron chi connectivity index (χ0n) is 9.55. The molecule has 2 rings (SSSR count). The third-order valence-electron chi connectivity index (χ3n) is 2.47. The van der Waals surface area contributed by atoms with Gasteiger partial charge < -0.3 is 5.73 Å². The van der Waals surface area contributed by atoms with Crippen LogP contribution in [0.4, 0.5) is 4.39 Å². The quantitative estimate of drug-likeness (QED) is 0.828. The summed E-state index contributed by atoms with van der Waals surface area (Å²) in [6, 6.07) is 7.31. The summed E-state index contributed by atoms with van der Waals surface area (Å²) in [5.74, 6) is -0.335. The van der Waals surface area contributed by atoms with Crippen molar-refractivity contribution < 1.29 is 4.39 Å². The fourth-order valence-electron chi connectivity index (χ4n) is 1.55. The van der Waals surface area contributed by atoms with Gasteiger partial charge in [-0.3, -0.25) is 4.79 Å². The first-order valence-corrected chi connectivity index (χ1v) is 5.54. The molecule has 6 heteroatoms. The van der Waals surface area contributed by atoms with E-state index in [4.69, 9.17) is 18.0 Å². The molecule has 0 bridgehead atoms. The molecule has 4 nitrogen and oxygen atoms in total. The molecule has 0 amide bonds. The second-order valence-electron chi connectivity index (χ2n) is 3.74. The first kappa shape index (κ1) is 12.4. The Morgan fingerprint density at radius 3 is 2.56 bits per heavy atom. The van der Waals surface area contributed by atoms with Gasteiger partial charge in [0.25, 0.3) is 5.56 Å². The second-order valence-corrected chi connectivity index (χ2v) is 4.18. The molecule has 18 heavy (non-hydrogen) atoms. The number of nitrogens with two attached hydrogens (primary N) is 1. The van der Waals surface area contributed by atoms with E-state index in [0.717, 1.165) is 4.68 Å². The molecule has 0 spiro atoms. The number of halogens is 1. The Labute approximate surface area is 108 Å². The van der Waals surface area contributed by atoms with Crippen molar-refractivity contribution in [3.05, 3.63) is 52.1 Å². The fraction of sp³-hybridized carbons (Fsp3) is 0.0833. The molecule has 92 valence electrons. The van der Waals surface area contributed by atoms with E-state index < -0.39 is 0 Å². The van der Waals surface area contributed by atoms with Crippen molar-refractivity contribution in [2.45, 2.75) is 0 Å². The van der Waals surface area contributed by atoms with Crippen LogP contribution in [0.15, 0.2) is 35.1 Å². The third-order valence-corrected chi connectivity index (χ3v) is 2.69. The summed E-state index contributed by atoms with van der Waals surface area (Å²) in [5, 5.41) is 4.08. The molecule has 1 aromatic carbocycles. The highest BCUT2D eigenvalue weighted by atomic mass is 32.1. The molecular formula is C12H10FN3OS. The summed E-state index contributed by atoms with van der Waals surface area (Å²) in [6.07, 6.45) is 0. The van der Waals surface area contributed by atoms with Gasteiger partial charge in [0, 0.05) is 12.6 Å². The third kappa shape index (κ3) is 2.28. The van der Waals surface area contributed by atoms with E-state index in [1.54, 1.807) is 12.1 Å². The van der Waals surface area contributed by atoms with Crippen LogP contribution in [0.2, 0.25) is 0 Å². The average Bonchev–Trinajstić information content (AvgIpc) is 2.33. The van der Waals surface area contributed by atoms with E-state index in [-0.39, 0.29) is 21.9 Å². The number of nitrogens with zero attached hydrogens (tertiary/aromatic N) is 2. The van der Waals surface area contributed by atoms with Gasteiger partial charge in [-0.1, -0.05) is 12.2 Å². The lowest BCUT2D eigenvalue weighted by Gasteiger charge is -2.06. The molecule has 1 aromatic heterocycles. The maximum atomic E-state index is 12.8. The zero-order chi connectivity index (χ0) is 13.3. The normalized spacial score (nSPS) is 10.3. The SMILES string of the molecule is Cn1nc(-c2ccc(F)cc2)cc(C(N)=S)c1=O. The smallest absolute Gasteiger partial charge is 0.276 e. The van der Waals surface area contributed by atoms with Crippen LogP contribution in [-0.4, -0.2) is 14.8 Å². The molecule has 0 aliphatic heterocycles. The fourth-order valence-corrected chi connectivity index (χ4v) is 1.69. The highest BCUT2D eigenvalue weighted by Gasteiger charge is 2.09. The average molecular weight is 263 g/mol. The number of benzene rings is 1. The minimum Gasteiger partial charge on any atom is -0.389 e. The number of hydrogen-bond donors (Lipinski definition) is 1. The first-order valence-electron chi connectivity index (χ1n) is 5.13. The van der Waals surface area contributed by atoms with Crippen LogP contribution < -0.4 is 11.3 Å². The molecule has 0 radical (unpaired) electrons. The summed E-state index contributed by atoms with van der Waals surface area (Å²) < 4.78 is 14.0. The van der Waals surface area contributed by atoms with Gasteiger partial charge in [-0.2, -0.15) is 5.10 Å². The molecule has 2 N–H and O–H groups in total. The van der Waals surface area contributed by atoms with Crippen LogP contribution in [0.25, 0.3) is 11.3 Å². The molecule has 0 saturated heterocycles. The van der Waals surface area contributed by atoms with Crippen LogP contribution in [0.3, 0.4) is 0 Å². The van der Waals surface area contributed by atoms with Crippen LogP contribution in [0.5, 0.6) is 0 Å². The van der Waals surface area contributed by atoms with Gasteiger partial charge in [0.1, 0.15) is 10.8 Å². The van der Waals surface area contributed by atoms with Crippen LogP contribution in [0.1, 0.15) is 5.56 Å². The highest BCUT2D eigenvalue weighted by Crippen LogP contribution is 2.16. The van der Waals surface area contributed by atoms with Gasteiger partial charge in [-0.25, -0.2) is 9.07 Å². The Kier molecular flexibility index (Phi) is 3.20. The summed E-state index contributed by atoms with van der Waals surface area (Å²) >= 11 is 4.82. The minimum absolute atomic E-state index is 0.0151. The van der Waals surface area contributed by atoms with Gasteiger partial charge >= 0.3 is 0 Å². The van der Waals surface area contributed by atoms with Crippen LogP contribution >= 0.6 is 12.2 Å². The molecule has 0 fully saturated rings. The van der Waals surface area contributed by atoms with E-state index >= 15 is 0 Å². The summed E-state index contributed by atoms with van der Waals surface area (Å²) in [7, 11) is 1.51. The Morgan fingerprint density at radius 1 is 1.39 bits per heavy atom. The summed E-state index contributed by atoms with van der Waals surface area (Å²) in [5.41, 5.74) is 6.55. The van der Waals surface area contributed by atoms with E-state index in [0.29, 0.717) is 11.3 Å². The predicted molar refractivity (Wildman–Crippen MR) is 70.8 cm³/mol. The first-order chi connectivity index (χ1) is 8.49. The molecular weight excluding hydrogens is 253 g/mol. The molecule has 0 unspecified atom stereocenters. The molecule has 2 aromatic rings. The van der Waals surface area contributed by atoms with Gasteiger partial charge in [0.05, 0.1) is 11.3 Å². The topological polar surface area (TPSA) is 60.9 Å². The Morgan fingerprint density at radius 2 is 2.00 bits per heavy atom. The van der Waals surface area contributed by atoms with E-state index in [1.807, 2.05) is 0 Å². The van der Waals surface area contributed by atoms with Crippen molar-refractivity contribution in [2.24, 2.45) is 12.8 Å². The second kappa shape index (κ2) is 4.66.